The molecule has 0 unspecified atom stereocenters. The van der Waals surface area contributed by atoms with Crippen molar-refractivity contribution >= 4 is 33.3 Å². The number of hydrogen-bond acceptors (Lipinski definition) is 5. The van der Waals surface area contributed by atoms with Crippen LogP contribution in [0.5, 0.6) is 0 Å². The molecule has 118 valence electrons. The maximum absolute atomic E-state index is 12.3. The highest BCUT2D eigenvalue weighted by molar-refractivity contribution is 7.20. The number of aryl methyl sites for hydroxylation is 1. The van der Waals surface area contributed by atoms with Gasteiger partial charge in [0, 0.05) is 24.5 Å². The molecule has 23 heavy (non-hydrogen) atoms. The number of hydrogen-bond donors (Lipinski definition) is 1. The first-order valence-corrected chi connectivity index (χ1v) is 8.13. The Kier molecular flexibility index (Phi) is 4.25. The summed E-state index contributed by atoms with van der Waals surface area (Å²) in [6.45, 7) is 2.31. The highest BCUT2D eigenvalue weighted by atomic mass is 32.1. The Morgan fingerprint density at radius 3 is 2.74 bits per heavy atom. The number of benzene rings is 1. The molecule has 1 N–H and O–H groups in total. The van der Waals surface area contributed by atoms with E-state index in [4.69, 9.17) is 0 Å². The molecule has 0 aliphatic carbocycles. The van der Waals surface area contributed by atoms with Gasteiger partial charge in [0.2, 0.25) is 5.95 Å². The third-order valence-electron chi connectivity index (χ3n) is 3.37. The van der Waals surface area contributed by atoms with Gasteiger partial charge >= 0.3 is 0 Å². The summed E-state index contributed by atoms with van der Waals surface area (Å²) in [5.41, 5.74) is 1.69. The molecule has 0 saturated heterocycles. The van der Waals surface area contributed by atoms with Crippen LogP contribution in [0.4, 0.5) is 5.95 Å². The zero-order chi connectivity index (χ0) is 16.4. The van der Waals surface area contributed by atoms with E-state index in [0.29, 0.717) is 17.4 Å². The summed E-state index contributed by atoms with van der Waals surface area (Å²) < 4.78 is 1.12. The molecule has 1 amide bonds. The van der Waals surface area contributed by atoms with Gasteiger partial charge in [0.1, 0.15) is 0 Å². The van der Waals surface area contributed by atoms with E-state index < -0.39 is 0 Å². The molecule has 3 rings (SSSR count). The van der Waals surface area contributed by atoms with Gasteiger partial charge in [0.05, 0.1) is 17.1 Å². The molecular weight excluding hydrogens is 308 g/mol. The van der Waals surface area contributed by atoms with Gasteiger partial charge in [0.15, 0.2) is 0 Å². The fraction of sp³-hybridized carbons (Fsp3) is 0.235. The Labute approximate surface area is 139 Å². The number of rotatable bonds is 4. The smallest absolute Gasteiger partial charge is 0.261 e. The van der Waals surface area contributed by atoms with Gasteiger partial charge in [0.25, 0.3) is 5.91 Å². The van der Waals surface area contributed by atoms with E-state index in [1.54, 1.807) is 0 Å². The van der Waals surface area contributed by atoms with Gasteiger partial charge in [-0.3, -0.25) is 4.79 Å². The van der Waals surface area contributed by atoms with Crippen LogP contribution < -0.4 is 10.2 Å². The van der Waals surface area contributed by atoms with Gasteiger partial charge in [-0.15, -0.1) is 11.3 Å². The van der Waals surface area contributed by atoms with Crippen molar-refractivity contribution in [1.82, 2.24) is 15.3 Å². The number of aromatic nitrogens is 2. The summed E-state index contributed by atoms with van der Waals surface area (Å²) in [6, 6.07) is 11.8. The van der Waals surface area contributed by atoms with Crippen molar-refractivity contribution in [3.8, 4) is 0 Å². The molecule has 5 nitrogen and oxygen atoms in total. The number of anilines is 1. The monoisotopic (exact) mass is 326 g/mol. The average Bonchev–Trinajstić information content (AvgIpc) is 2.96. The third-order valence-corrected chi connectivity index (χ3v) is 4.49. The number of amides is 1. The first-order valence-electron chi connectivity index (χ1n) is 7.31. The molecule has 2 heterocycles. The van der Waals surface area contributed by atoms with E-state index in [1.165, 1.54) is 11.3 Å². The Hall–Kier alpha value is -2.47. The van der Waals surface area contributed by atoms with Gasteiger partial charge in [-0.05, 0) is 30.5 Å². The van der Waals surface area contributed by atoms with Crippen LogP contribution in [0.25, 0.3) is 10.1 Å². The van der Waals surface area contributed by atoms with E-state index in [0.717, 1.165) is 21.5 Å². The maximum atomic E-state index is 12.3. The molecule has 0 bridgehead atoms. The van der Waals surface area contributed by atoms with Crippen LogP contribution in [0.15, 0.2) is 36.4 Å². The highest BCUT2D eigenvalue weighted by Gasteiger charge is 2.11. The van der Waals surface area contributed by atoms with Crippen molar-refractivity contribution in [2.45, 2.75) is 13.5 Å². The SMILES string of the molecule is Cc1cc(CNC(=O)c2cc3ccccc3s2)nc(N(C)C)n1. The topological polar surface area (TPSA) is 58.1 Å². The second kappa shape index (κ2) is 6.34. The van der Waals surface area contributed by atoms with Gasteiger partial charge in [-0.2, -0.15) is 0 Å². The van der Waals surface area contributed by atoms with Crippen molar-refractivity contribution in [2.24, 2.45) is 0 Å². The summed E-state index contributed by atoms with van der Waals surface area (Å²) in [4.78, 5) is 23.7. The van der Waals surface area contributed by atoms with E-state index in [2.05, 4.69) is 15.3 Å². The molecule has 2 aromatic heterocycles. The van der Waals surface area contributed by atoms with Crippen LogP contribution in [0, 0.1) is 6.92 Å². The highest BCUT2D eigenvalue weighted by Crippen LogP contribution is 2.25. The molecule has 0 aliphatic heterocycles. The lowest BCUT2D eigenvalue weighted by atomic mass is 10.2. The minimum absolute atomic E-state index is 0.0751. The van der Waals surface area contributed by atoms with Crippen molar-refractivity contribution < 1.29 is 4.79 Å². The lowest BCUT2D eigenvalue weighted by molar-refractivity contribution is 0.0954. The first-order chi connectivity index (χ1) is 11.0. The molecule has 0 saturated carbocycles. The van der Waals surface area contributed by atoms with Crippen LogP contribution in [0.1, 0.15) is 21.1 Å². The summed E-state index contributed by atoms with van der Waals surface area (Å²) in [5, 5.41) is 4.03. The van der Waals surface area contributed by atoms with Crippen LogP contribution in [0.3, 0.4) is 0 Å². The summed E-state index contributed by atoms with van der Waals surface area (Å²) in [5.74, 6) is 0.574. The second-order valence-electron chi connectivity index (χ2n) is 5.53. The number of fused-ring (bicyclic) bond motifs is 1. The second-order valence-corrected chi connectivity index (χ2v) is 6.61. The van der Waals surface area contributed by atoms with Crippen LogP contribution in [-0.2, 0) is 6.54 Å². The zero-order valence-electron chi connectivity index (χ0n) is 13.3. The van der Waals surface area contributed by atoms with E-state index in [-0.39, 0.29) is 5.91 Å². The molecule has 0 aliphatic rings. The van der Waals surface area contributed by atoms with Gasteiger partial charge < -0.3 is 10.2 Å². The van der Waals surface area contributed by atoms with E-state index in [1.807, 2.05) is 62.3 Å². The first kappa shape index (κ1) is 15.4. The van der Waals surface area contributed by atoms with E-state index >= 15 is 0 Å². The largest absolute Gasteiger partial charge is 0.347 e. The Bertz CT molecular complexity index is 824. The number of thiophene rings is 1. The molecule has 0 radical (unpaired) electrons. The molecule has 0 fully saturated rings. The van der Waals surface area contributed by atoms with Crippen molar-refractivity contribution in [1.29, 1.82) is 0 Å². The third kappa shape index (κ3) is 3.48. The van der Waals surface area contributed by atoms with Gasteiger partial charge in [-0.25, -0.2) is 9.97 Å². The lowest BCUT2D eigenvalue weighted by Gasteiger charge is -2.12. The number of nitrogens with zero attached hydrogens (tertiary/aromatic N) is 3. The average molecular weight is 326 g/mol. The summed E-state index contributed by atoms with van der Waals surface area (Å²) >= 11 is 1.50. The Morgan fingerprint density at radius 2 is 2.00 bits per heavy atom. The van der Waals surface area contributed by atoms with Crippen molar-refractivity contribution in [2.75, 3.05) is 19.0 Å². The van der Waals surface area contributed by atoms with Crippen LogP contribution >= 0.6 is 11.3 Å². The molecule has 6 heteroatoms. The fourth-order valence-electron chi connectivity index (χ4n) is 2.26. The normalized spacial score (nSPS) is 10.7. The van der Waals surface area contributed by atoms with Crippen LogP contribution in [0.2, 0.25) is 0 Å². The predicted octanol–water partition coefficient (Wildman–Crippen LogP) is 3.00. The fourth-order valence-corrected chi connectivity index (χ4v) is 3.24. The lowest BCUT2D eigenvalue weighted by Crippen LogP contribution is -2.23. The molecule has 3 aromatic rings. The standard InChI is InChI=1S/C17H18N4OS/c1-11-8-13(20-17(19-11)21(2)3)10-18-16(22)15-9-12-6-4-5-7-14(12)23-15/h4-9H,10H2,1-3H3,(H,18,22). The summed E-state index contributed by atoms with van der Waals surface area (Å²) in [7, 11) is 3.79. The Balaban J connectivity index is 1.73. The zero-order valence-corrected chi connectivity index (χ0v) is 14.1. The van der Waals surface area contributed by atoms with Crippen molar-refractivity contribution in [3.63, 3.8) is 0 Å². The molecular formula is C17H18N4OS. The summed E-state index contributed by atoms with van der Waals surface area (Å²) in [6.07, 6.45) is 0. The molecule has 0 atom stereocenters. The number of carbonyl (C=O) groups is 1. The quantitative estimate of drug-likeness (QED) is 0.801. The van der Waals surface area contributed by atoms with Crippen LogP contribution in [-0.4, -0.2) is 30.0 Å². The Morgan fingerprint density at radius 1 is 1.22 bits per heavy atom. The van der Waals surface area contributed by atoms with E-state index in [9.17, 15) is 4.79 Å². The molecule has 1 aromatic carbocycles. The van der Waals surface area contributed by atoms with Crippen molar-refractivity contribution in [3.05, 3.63) is 52.7 Å². The van der Waals surface area contributed by atoms with Gasteiger partial charge in [-0.1, -0.05) is 18.2 Å². The minimum atomic E-state index is -0.0751. The minimum Gasteiger partial charge on any atom is -0.347 e. The predicted molar refractivity (Wildman–Crippen MR) is 94.1 cm³/mol. The molecule has 0 spiro atoms. The number of carbonyl (C=O) groups excluding carboxylic acids is 1. The number of nitrogens with one attached hydrogen (secondary N) is 1. The maximum Gasteiger partial charge on any atom is 0.261 e.